The van der Waals surface area contributed by atoms with E-state index < -0.39 is 0 Å². The Morgan fingerprint density at radius 3 is 2.43 bits per heavy atom. The third-order valence-electron chi connectivity index (χ3n) is 0.588. The van der Waals surface area contributed by atoms with Crippen molar-refractivity contribution in [3.05, 3.63) is 0 Å². The molecule has 0 aliphatic carbocycles. The van der Waals surface area contributed by atoms with Gasteiger partial charge in [0.1, 0.15) is 0 Å². The molecule has 0 rings (SSSR count). The van der Waals surface area contributed by atoms with Crippen molar-refractivity contribution in [3.63, 3.8) is 0 Å². The lowest BCUT2D eigenvalue weighted by Gasteiger charge is -1.75. The maximum Gasteiger partial charge on any atom is 0.0827 e. The van der Waals surface area contributed by atoms with Crippen LogP contribution in [-0.2, 0) is 0 Å². The highest BCUT2D eigenvalue weighted by molar-refractivity contribution is 5.98. The van der Waals surface area contributed by atoms with Crippen LogP contribution in [0.3, 0.4) is 0 Å². The fraction of sp³-hybridized carbons (Fsp3) is 0.400. The van der Waals surface area contributed by atoms with Crippen LogP contribution in [0.1, 0.15) is 6.92 Å². The second-order valence-corrected chi connectivity index (χ2v) is 1.08. The molecule has 0 aromatic carbocycles. The van der Waals surface area contributed by atoms with Gasteiger partial charge in [0.25, 0.3) is 0 Å². The van der Waals surface area contributed by atoms with Gasteiger partial charge in [0.15, 0.2) is 0 Å². The van der Waals surface area contributed by atoms with E-state index in [1.54, 1.807) is 14.0 Å². The van der Waals surface area contributed by atoms with E-state index in [1.165, 1.54) is 0 Å². The standard InChI is InChI=1S/C5H8N2/c1-5(7-2)3-4-6/h6H2,1-2H3. The van der Waals surface area contributed by atoms with Gasteiger partial charge >= 0.3 is 0 Å². The predicted molar refractivity (Wildman–Crippen MR) is 31.0 cm³/mol. The highest BCUT2D eigenvalue weighted by Crippen LogP contribution is 1.65. The van der Waals surface area contributed by atoms with Gasteiger partial charge < -0.3 is 5.73 Å². The second-order valence-electron chi connectivity index (χ2n) is 1.08. The third kappa shape index (κ3) is 2.84. The van der Waals surface area contributed by atoms with E-state index in [2.05, 4.69) is 17.0 Å². The third-order valence-corrected chi connectivity index (χ3v) is 0.588. The number of aliphatic imine (C=N–C) groups is 1. The zero-order valence-electron chi connectivity index (χ0n) is 4.52. The molecular weight excluding hydrogens is 88.1 g/mol. The van der Waals surface area contributed by atoms with Gasteiger partial charge in [0.05, 0.1) is 5.71 Å². The van der Waals surface area contributed by atoms with Crippen molar-refractivity contribution in [2.24, 2.45) is 10.7 Å². The smallest absolute Gasteiger partial charge is 0.0827 e. The Hall–Kier alpha value is -0.970. The van der Waals surface area contributed by atoms with E-state index in [-0.39, 0.29) is 0 Å². The molecule has 0 bridgehead atoms. The molecule has 0 spiro atoms. The second kappa shape index (κ2) is 3.23. The largest absolute Gasteiger partial charge is 0.359 e. The van der Waals surface area contributed by atoms with E-state index >= 15 is 0 Å². The highest BCUT2D eigenvalue weighted by Gasteiger charge is 1.71. The average molecular weight is 96.1 g/mol. The fourth-order valence-electron chi connectivity index (χ4n) is 0.160. The number of rotatable bonds is 0. The van der Waals surface area contributed by atoms with E-state index in [4.69, 9.17) is 5.73 Å². The summed E-state index contributed by atoms with van der Waals surface area (Å²) in [5.74, 6) is 2.57. The topological polar surface area (TPSA) is 38.4 Å². The molecule has 0 aromatic heterocycles. The van der Waals surface area contributed by atoms with E-state index in [0.717, 1.165) is 5.71 Å². The van der Waals surface area contributed by atoms with Crippen molar-refractivity contribution in [2.75, 3.05) is 7.05 Å². The van der Waals surface area contributed by atoms with Crippen molar-refractivity contribution in [1.29, 1.82) is 0 Å². The van der Waals surface area contributed by atoms with E-state index in [9.17, 15) is 0 Å². The number of nitrogens with zero attached hydrogens (tertiary/aromatic N) is 1. The molecule has 0 saturated carbocycles. The van der Waals surface area contributed by atoms with Crippen LogP contribution < -0.4 is 5.73 Å². The Morgan fingerprint density at radius 1 is 1.71 bits per heavy atom. The summed E-state index contributed by atoms with van der Waals surface area (Å²) in [4.78, 5) is 3.74. The van der Waals surface area contributed by atoms with Crippen LogP contribution >= 0.6 is 0 Å². The molecule has 0 unspecified atom stereocenters. The molecule has 0 heterocycles. The first-order valence-corrected chi connectivity index (χ1v) is 1.96. The van der Waals surface area contributed by atoms with Gasteiger partial charge in [-0.25, -0.2) is 0 Å². The molecule has 0 aliphatic rings. The zero-order valence-corrected chi connectivity index (χ0v) is 4.52. The van der Waals surface area contributed by atoms with Crippen LogP contribution in [0.2, 0.25) is 0 Å². The molecule has 2 nitrogen and oxygen atoms in total. The summed E-state index contributed by atoms with van der Waals surface area (Å²) in [5, 5.41) is 0. The summed E-state index contributed by atoms with van der Waals surface area (Å²) in [6, 6.07) is 2.24. The molecular formula is C5H8N2. The van der Waals surface area contributed by atoms with Crippen LogP contribution in [0.4, 0.5) is 0 Å². The van der Waals surface area contributed by atoms with Crippen LogP contribution in [0.5, 0.6) is 0 Å². The first-order chi connectivity index (χ1) is 3.31. The molecule has 2 N–H and O–H groups in total. The van der Waals surface area contributed by atoms with Crippen molar-refractivity contribution < 1.29 is 0 Å². The lowest BCUT2D eigenvalue weighted by molar-refractivity contribution is 1.44. The minimum Gasteiger partial charge on any atom is -0.359 e. The minimum absolute atomic E-state index is 0.766. The van der Waals surface area contributed by atoms with Gasteiger partial charge in [-0.05, 0) is 12.8 Å². The molecule has 0 amide bonds. The number of nitrogens with two attached hydrogens (primary N) is 1. The molecule has 0 radical (unpaired) electrons. The summed E-state index contributed by atoms with van der Waals surface area (Å²) in [6.07, 6.45) is 0. The SMILES string of the molecule is CN=C(C)C#CN. The Bertz CT molecular complexity index is 125. The Morgan fingerprint density at radius 2 is 2.29 bits per heavy atom. The van der Waals surface area contributed by atoms with Gasteiger partial charge in [0.2, 0.25) is 0 Å². The van der Waals surface area contributed by atoms with Gasteiger partial charge in [-0.1, -0.05) is 0 Å². The Kier molecular flexibility index (Phi) is 2.78. The maximum atomic E-state index is 4.86. The van der Waals surface area contributed by atoms with Crippen molar-refractivity contribution in [2.45, 2.75) is 6.92 Å². The van der Waals surface area contributed by atoms with Crippen molar-refractivity contribution in [1.82, 2.24) is 0 Å². The monoisotopic (exact) mass is 96.1 g/mol. The summed E-state index contributed by atoms with van der Waals surface area (Å²) in [5.41, 5.74) is 5.63. The number of hydrogen-bond donors (Lipinski definition) is 1. The van der Waals surface area contributed by atoms with Crippen LogP contribution in [-0.4, -0.2) is 12.8 Å². The predicted octanol–water partition coefficient (Wildman–Crippen LogP) is -0.00330. The van der Waals surface area contributed by atoms with Gasteiger partial charge in [0, 0.05) is 13.1 Å². The van der Waals surface area contributed by atoms with Crippen LogP contribution in [0.15, 0.2) is 4.99 Å². The number of hydrogen-bond acceptors (Lipinski definition) is 2. The lowest BCUT2D eigenvalue weighted by atomic mass is 10.4. The first-order valence-electron chi connectivity index (χ1n) is 1.96. The van der Waals surface area contributed by atoms with Gasteiger partial charge in [-0.3, -0.25) is 4.99 Å². The van der Waals surface area contributed by atoms with E-state index in [1.807, 2.05) is 0 Å². The highest BCUT2D eigenvalue weighted by atomic mass is 14.7. The first kappa shape index (κ1) is 6.03. The molecule has 0 saturated heterocycles. The van der Waals surface area contributed by atoms with Crippen molar-refractivity contribution >= 4 is 5.71 Å². The van der Waals surface area contributed by atoms with E-state index in [0.29, 0.717) is 0 Å². The van der Waals surface area contributed by atoms with Gasteiger partial charge in [-0.15, -0.1) is 0 Å². The Balaban J connectivity index is 3.75. The maximum absolute atomic E-state index is 4.86. The van der Waals surface area contributed by atoms with Crippen molar-refractivity contribution in [3.8, 4) is 12.0 Å². The molecule has 38 valence electrons. The lowest BCUT2D eigenvalue weighted by Crippen LogP contribution is -1.86. The summed E-state index contributed by atoms with van der Waals surface area (Å²) in [7, 11) is 1.68. The molecule has 0 atom stereocenters. The summed E-state index contributed by atoms with van der Waals surface area (Å²) < 4.78 is 0. The zero-order chi connectivity index (χ0) is 5.70. The minimum atomic E-state index is 0.766. The Labute approximate surface area is 43.4 Å². The normalized spacial score (nSPS) is 9.71. The van der Waals surface area contributed by atoms with Crippen LogP contribution in [0.25, 0.3) is 0 Å². The summed E-state index contributed by atoms with van der Waals surface area (Å²) >= 11 is 0. The van der Waals surface area contributed by atoms with Crippen LogP contribution in [0, 0.1) is 12.0 Å². The molecule has 7 heavy (non-hydrogen) atoms. The molecule has 0 aromatic rings. The molecule has 0 aliphatic heterocycles. The van der Waals surface area contributed by atoms with Gasteiger partial charge in [-0.2, -0.15) is 0 Å². The quantitative estimate of drug-likeness (QED) is 0.257. The molecule has 2 heteroatoms. The molecule has 0 fully saturated rings. The summed E-state index contributed by atoms with van der Waals surface area (Å²) in [6.45, 7) is 1.81. The average Bonchev–Trinajstić information content (AvgIpc) is 1.68. The fourth-order valence-corrected chi connectivity index (χ4v) is 0.160.